The second-order valence-corrected chi connectivity index (χ2v) is 5.85. The van der Waals surface area contributed by atoms with Gasteiger partial charge in [0.25, 0.3) is 0 Å². The molecule has 1 aliphatic carbocycles. The number of rotatable bonds is 5. The van der Waals surface area contributed by atoms with Crippen molar-refractivity contribution in [2.45, 2.75) is 32.6 Å². The Morgan fingerprint density at radius 2 is 1.62 bits per heavy atom. The summed E-state index contributed by atoms with van der Waals surface area (Å²) in [4.78, 5) is 0. The largest absolute Gasteiger partial charge is 0.493 e. The van der Waals surface area contributed by atoms with Gasteiger partial charge in [-0.1, -0.05) is 36.6 Å². The first kappa shape index (κ1) is 14.0. The van der Waals surface area contributed by atoms with E-state index in [4.69, 9.17) is 9.47 Å². The molecule has 2 aromatic rings. The van der Waals surface area contributed by atoms with Gasteiger partial charge in [-0.3, -0.25) is 0 Å². The van der Waals surface area contributed by atoms with Gasteiger partial charge in [0, 0.05) is 6.07 Å². The van der Waals surface area contributed by atoms with Crippen LogP contribution in [0.25, 0.3) is 0 Å². The summed E-state index contributed by atoms with van der Waals surface area (Å²) in [6, 6.07) is 16.0. The van der Waals surface area contributed by atoms with E-state index in [9.17, 15) is 0 Å². The molecule has 0 heterocycles. The van der Waals surface area contributed by atoms with Gasteiger partial charge in [-0.15, -0.1) is 0 Å². The molecule has 0 aromatic heterocycles. The Balaban J connectivity index is 1.60. The molecule has 3 rings (SSSR count). The van der Waals surface area contributed by atoms with Crippen LogP contribution in [0.15, 0.2) is 48.5 Å². The molecular weight excluding hydrogens is 260 g/mol. The van der Waals surface area contributed by atoms with E-state index in [2.05, 4.69) is 19.1 Å². The van der Waals surface area contributed by atoms with Crippen LogP contribution in [0, 0.1) is 12.8 Å². The molecule has 0 saturated heterocycles. The maximum atomic E-state index is 5.91. The maximum Gasteiger partial charge on any atom is 0.131 e. The van der Waals surface area contributed by atoms with Crippen molar-refractivity contribution in [2.75, 3.05) is 6.61 Å². The lowest BCUT2D eigenvalue weighted by Gasteiger charge is -2.12. The molecule has 1 aliphatic rings. The number of hydrogen-bond donors (Lipinski definition) is 0. The van der Waals surface area contributed by atoms with Crippen LogP contribution in [0.1, 0.15) is 31.2 Å². The standard InChI is InChI=1S/C19H22O2/c1-15-9-11-17(12-10-15)21-19-8-4-7-18(13-19)20-14-16-5-2-3-6-16/h4,7-13,16H,2-3,5-6,14H2,1H3. The van der Waals surface area contributed by atoms with Crippen LogP contribution in [0.5, 0.6) is 17.2 Å². The summed E-state index contributed by atoms with van der Waals surface area (Å²) in [5.74, 6) is 3.30. The van der Waals surface area contributed by atoms with E-state index < -0.39 is 0 Å². The quantitative estimate of drug-likeness (QED) is 0.735. The van der Waals surface area contributed by atoms with Gasteiger partial charge >= 0.3 is 0 Å². The average molecular weight is 282 g/mol. The molecule has 2 nitrogen and oxygen atoms in total. The third-order valence-corrected chi connectivity index (χ3v) is 4.02. The normalized spacial score (nSPS) is 15.1. The number of aryl methyl sites for hydroxylation is 1. The molecule has 2 aromatic carbocycles. The lowest BCUT2D eigenvalue weighted by Crippen LogP contribution is -2.07. The van der Waals surface area contributed by atoms with Crippen LogP contribution in [0.3, 0.4) is 0 Å². The molecule has 0 bridgehead atoms. The number of benzene rings is 2. The summed E-state index contributed by atoms with van der Waals surface area (Å²) in [5.41, 5.74) is 1.23. The predicted molar refractivity (Wildman–Crippen MR) is 85.1 cm³/mol. The highest BCUT2D eigenvalue weighted by Crippen LogP contribution is 2.28. The third-order valence-electron chi connectivity index (χ3n) is 4.02. The van der Waals surface area contributed by atoms with E-state index in [0.717, 1.165) is 29.8 Å². The zero-order chi connectivity index (χ0) is 14.5. The first-order valence-corrected chi connectivity index (χ1v) is 7.77. The van der Waals surface area contributed by atoms with Gasteiger partial charge in [-0.05, 0) is 49.9 Å². The fourth-order valence-corrected chi connectivity index (χ4v) is 2.76. The summed E-state index contributed by atoms with van der Waals surface area (Å²) in [6.07, 6.45) is 5.31. The highest BCUT2D eigenvalue weighted by atomic mass is 16.5. The number of ether oxygens (including phenoxy) is 2. The molecule has 0 spiro atoms. The van der Waals surface area contributed by atoms with Crippen molar-refractivity contribution in [3.8, 4) is 17.2 Å². The van der Waals surface area contributed by atoms with Gasteiger partial charge in [-0.2, -0.15) is 0 Å². The Morgan fingerprint density at radius 1 is 0.905 bits per heavy atom. The minimum absolute atomic E-state index is 0.728. The molecule has 0 aliphatic heterocycles. The van der Waals surface area contributed by atoms with Gasteiger partial charge < -0.3 is 9.47 Å². The minimum Gasteiger partial charge on any atom is -0.493 e. The Kier molecular flexibility index (Phi) is 4.44. The summed E-state index contributed by atoms with van der Waals surface area (Å²) in [5, 5.41) is 0. The third kappa shape index (κ3) is 4.01. The fraction of sp³-hybridized carbons (Fsp3) is 0.368. The summed E-state index contributed by atoms with van der Waals surface area (Å²) < 4.78 is 11.8. The van der Waals surface area contributed by atoms with E-state index in [0.29, 0.717) is 0 Å². The Hall–Kier alpha value is -1.96. The van der Waals surface area contributed by atoms with Gasteiger partial charge in [0.05, 0.1) is 6.61 Å². The first-order valence-electron chi connectivity index (χ1n) is 7.77. The molecule has 0 unspecified atom stereocenters. The Morgan fingerprint density at radius 3 is 2.38 bits per heavy atom. The van der Waals surface area contributed by atoms with Crippen molar-refractivity contribution >= 4 is 0 Å². The van der Waals surface area contributed by atoms with Gasteiger partial charge in [-0.25, -0.2) is 0 Å². The highest BCUT2D eigenvalue weighted by molar-refractivity contribution is 5.37. The molecule has 0 atom stereocenters. The lowest BCUT2D eigenvalue weighted by molar-refractivity contribution is 0.251. The van der Waals surface area contributed by atoms with Gasteiger partial charge in [0.1, 0.15) is 17.2 Å². The van der Waals surface area contributed by atoms with Crippen molar-refractivity contribution in [3.63, 3.8) is 0 Å². The predicted octanol–water partition coefficient (Wildman–Crippen LogP) is 5.36. The van der Waals surface area contributed by atoms with E-state index in [-0.39, 0.29) is 0 Å². The van der Waals surface area contributed by atoms with E-state index >= 15 is 0 Å². The van der Waals surface area contributed by atoms with Crippen molar-refractivity contribution in [3.05, 3.63) is 54.1 Å². The van der Waals surface area contributed by atoms with Crippen LogP contribution >= 0.6 is 0 Å². The number of hydrogen-bond acceptors (Lipinski definition) is 2. The lowest BCUT2D eigenvalue weighted by atomic mass is 10.1. The zero-order valence-corrected chi connectivity index (χ0v) is 12.5. The van der Waals surface area contributed by atoms with E-state index in [1.54, 1.807) is 0 Å². The van der Waals surface area contributed by atoms with Gasteiger partial charge in [0.15, 0.2) is 0 Å². The Bertz CT molecular complexity index is 568. The monoisotopic (exact) mass is 282 g/mol. The van der Waals surface area contributed by atoms with Gasteiger partial charge in [0.2, 0.25) is 0 Å². The summed E-state index contributed by atoms with van der Waals surface area (Å²) in [6.45, 7) is 2.90. The van der Waals surface area contributed by atoms with Crippen LogP contribution in [-0.2, 0) is 0 Å². The van der Waals surface area contributed by atoms with Crippen LogP contribution in [0.2, 0.25) is 0 Å². The fourth-order valence-electron chi connectivity index (χ4n) is 2.76. The van der Waals surface area contributed by atoms with E-state index in [1.807, 2.05) is 36.4 Å². The molecular formula is C19H22O2. The average Bonchev–Trinajstić information content (AvgIpc) is 3.01. The van der Waals surface area contributed by atoms with Crippen molar-refractivity contribution in [2.24, 2.45) is 5.92 Å². The molecule has 110 valence electrons. The highest BCUT2D eigenvalue weighted by Gasteiger charge is 2.15. The summed E-state index contributed by atoms with van der Waals surface area (Å²) >= 11 is 0. The van der Waals surface area contributed by atoms with Crippen molar-refractivity contribution in [1.82, 2.24) is 0 Å². The SMILES string of the molecule is Cc1ccc(Oc2cccc(OCC3CCCC3)c2)cc1. The maximum absolute atomic E-state index is 5.91. The molecule has 2 heteroatoms. The van der Waals surface area contributed by atoms with Crippen LogP contribution in [0.4, 0.5) is 0 Å². The zero-order valence-electron chi connectivity index (χ0n) is 12.5. The van der Waals surface area contributed by atoms with E-state index in [1.165, 1.54) is 31.2 Å². The summed E-state index contributed by atoms with van der Waals surface area (Å²) in [7, 11) is 0. The van der Waals surface area contributed by atoms with Crippen molar-refractivity contribution in [1.29, 1.82) is 0 Å². The minimum atomic E-state index is 0.728. The molecule has 0 N–H and O–H groups in total. The topological polar surface area (TPSA) is 18.5 Å². The molecule has 0 amide bonds. The Labute approximate surface area is 126 Å². The van der Waals surface area contributed by atoms with Crippen LogP contribution in [-0.4, -0.2) is 6.61 Å². The molecule has 0 radical (unpaired) electrons. The van der Waals surface area contributed by atoms with Crippen LogP contribution < -0.4 is 9.47 Å². The molecule has 1 saturated carbocycles. The second kappa shape index (κ2) is 6.66. The first-order chi connectivity index (χ1) is 10.3. The second-order valence-electron chi connectivity index (χ2n) is 5.85. The molecule has 1 fully saturated rings. The smallest absolute Gasteiger partial charge is 0.131 e. The molecule has 21 heavy (non-hydrogen) atoms. The van der Waals surface area contributed by atoms with Crippen molar-refractivity contribution < 1.29 is 9.47 Å².